The molecule has 0 aliphatic carbocycles. The fourth-order valence-corrected chi connectivity index (χ4v) is 6.20. The lowest BCUT2D eigenvalue weighted by atomic mass is 10.1. The summed E-state index contributed by atoms with van der Waals surface area (Å²) in [6, 6.07) is 8.15. The number of hydrogen-bond acceptors (Lipinski definition) is 12. The second-order valence-electron chi connectivity index (χ2n) is 9.56. The number of sulfone groups is 1. The summed E-state index contributed by atoms with van der Waals surface area (Å²) in [5, 5.41) is 0.0404. The Kier molecular flexibility index (Phi) is 10.3. The van der Waals surface area contributed by atoms with Crippen LogP contribution in [-0.4, -0.2) is 66.1 Å². The van der Waals surface area contributed by atoms with E-state index in [4.69, 9.17) is 18.3 Å². The van der Waals surface area contributed by atoms with Crippen LogP contribution in [0.25, 0.3) is 21.9 Å². The van der Waals surface area contributed by atoms with Crippen LogP contribution < -0.4 is 15.8 Å². The van der Waals surface area contributed by atoms with E-state index in [-0.39, 0.29) is 33.8 Å². The van der Waals surface area contributed by atoms with Crippen molar-refractivity contribution in [2.75, 3.05) is 44.6 Å². The number of fused-ring (bicyclic) bond motifs is 2. The second kappa shape index (κ2) is 13.6. The number of morpholine rings is 1. The van der Waals surface area contributed by atoms with E-state index >= 15 is 0 Å². The first-order chi connectivity index (χ1) is 20.8. The van der Waals surface area contributed by atoms with E-state index in [1.807, 2.05) is 11.8 Å². The Morgan fingerprint density at radius 3 is 1.91 bits per heavy atom. The van der Waals surface area contributed by atoms with Gasteiger partial charge in [-0.25, -0.2) is 18.0 Å². The van der Waals surface area contributed by atoms with Crippen molar-refractivity contribution in [3.8, 4) is 0 Å². The summed E-state index contributed by atoms with van der Waals surface area (Å²) >= 11 is 6.53. The van der Waals surface area contributed by atoms with Gasteiger partial charge in [0.05, 0.1) is 63.5 Å². The maximum atomic E-state index is 12.4. The monoisotopic (exact) mass is 755 g/mol. The Balaban J connectivity index is 0.000000202. The van der Waals surface area contributed by atoms with Crippen molar-refractivity contribution in [2.24, 2.45) is 0 Å². The molecule has 2 aromatic heterocycles. The smallest absolute Gasteiger partial charge is 0.337 e. The van der Waals surface area contributed by atoms with Gasteiger partial charge in [0.15, 0.2) is 27.9 Å². The highest BCUT2D eigenvalue weighted by Crippen LogP contribution is 2.29. The lowest BCUT2D eigenvalue weighted by molar-refractivity contribution is 0.0517. The molecule has 3 heterocycles. The zero-order valence-electron chi connectivity index (χ0n) is 24.0. The quantitative estimate of drug-likeness (QED) is 0.259. The van der Waals surface area contributed by atoms with Crippen molar-refractivity contribution in [3.63, 3.8) is 0 Å². The molecule has 0 bridgehead atoms. The number of carbonyl (C=O) groups is 2. The third-order valence-corrected chi connectivity index (χ3v) is 9.36. The molecule has 4 aromatic rings. The molecule has 1 fully saturated rings. The first-order valence-electron chi connectivity index (χ1n) is 13.1. The number of halogens is 2. The van der Waals surface area contributed by atoms with Crippen LogP contribution in [0.4, 0.5) is 5.88 Å². The summed E-state index contributed by atoms with van der Waals surface area (Å²) in [6.07, 6.45) is 0.0786. The number of anilines is 1. The molecule has 0 amide bonds. The van der Waals surface area contributed by atoms with Gasteiger partial charge in [0, 0.05) is 25.2 Å². The average molecular weight is 757 g/mol. The van der Waals surface area contributed by atoms with Gasteiger partial charge in [-0.05, 0) is 63.0 Å². The number of benzene rings is 2. The van der Waals surface area contributed by atoms with Gasteiger partial charge < -0.3 is 27.9 Å². The zero-order chi connectivity index (χ0) is 32.3. The standard InChI is InChI=1S/C16H16BrNO5.C13H11BrO6S/c1-9-8-18(3-4-22-9)14-7-13(19)11-5-10(16(20)21-2)6-12(17)15(11)23-14;1-3-21(17,18)11-6-10(15)8-4-7(13(16)19-2)5-9(14)12(8)20-11/h5-7,9H,3-4,8H2,1-2H3;4-6H,3H2,1-2H3/t9-;/m1./s1. The van der Waals surface area contributed by atoms with Gasteiger partial charge in [0.25, 0.3) is 0 Å². The van der Waals surface area contributed by atoms with E-state index in [9.17, 15) is 27.6 Å². The molecule has 0 N–H and O–H groups in total. The molecule has 1 aliphatic rings. The topological polar surface area (TPSA) is 160 Å². The van der Waals surface area contributed by atoms with Crippen molar-refractivity contribution >= 4 is 81.5 Å². The Morgan fingerprint density at radius 1 is 0.886 bits per heavy atom. The van der Waals surface area contributed by atoms with Crippen LogP contribution in [0.2, 0.25) is 0 Å². The number of carbonyl (C=O) groups excluding carboxylic acids is 2. The Bertz CT molecular complexity index is 1990. The summed E-state index contributed by atoms with van der Waals surface area (Å²) in [6.45, 7) is 5.34. The number of hydrogen-bond donors (Lipinski definition) is 0. The predicted octanol–water partition coefficient (Wildman–Crippen LogP) is 4.70. The summed E-state index contributed by atoms with van der Waals surface area (Å²) in [7, 11) is -1.12. The number of methoxy groups -OCH3 is 2. The van der Waals surface area contributed by atoms with Gasteiger partial charge in [-0.2, -0.15) is 0 Å². The normalized spacial score (nSPS) is 15.0. The molecule has 15 heteroatoms. The summed E-state index contributed by atoms with van der Waals surface area (Å²) in [4.78, 5) is 49.7. The maximum absolute atomic E-state index is 12.4. The first-order valence-corrected chi connectivity index (χ1v) is 16.3. The van der Waals surface area contributed by atoms with Crippen LogP contribution in [-0.2, 0) is 24.0 Å². The van der Waals surface area contributed by atoms with Gasteiger partial charge in [0.1, 0.15) is 0 Å². The number of nitrogens with zero attached hydrogens (tertiary/aromatic N) is 1. The van der Waals surface area contributed by atoms with Crippen LogP contribution in [0.1, 0.15) is 34.6 Å². The molecule has 0 unspecified atom stereocenters. The molecule has 44 heavy (non-hydrogen) atoms. The fourth-order valence-electron chi connectivity index (χ4n) is 4.34. The van der Waals surface area contributed by atoms with Crippen LogP contribution in [0.15, 0.2) is 68.9 Å². The molecule has 0 saturated carbocycles. The molecule has 5 rings (SSSR count). The minimum atomic E-state index is -3.64. The SMILES string of the molecule is CCS(=O)(=O)c1cc(=O)c2cc(C(=O)OC)cc(Br)c2o1.COC(=O)c1cc(Br)c2oc(N3CCO[C@H](C)C3)cc(=O)c2c1. The number of rotatable bonds is 5. The van der Waals surface area contributed by atoms with E-state index in [2.05, 4.69) is 36.6 Å². The van der Waals surface area contributed by atoms with Crippen molar-refractivity contribution in [1.82, 2.24) is 0 Å². The third-order valence-electron chi connectivity index (χ3n) is 6.61. The van der Waals surface area contributed by atoms with Crippen molar-refractivity contribution in [1.29, 1.82) is 0 Å². The van der Waals surface area contributed by atoms with Gasteiger partial charge in [0.2, 0.25) is 14.9 Å². The molecular weight excluding hydrogens is 730 g/mol. The summed E-state index contributed by atoms with van der Waals surface area (Å²) in [5.41, 5.74) is 0.199. The molecule has 1 atom stereocenters. The van der Waals surface area contributed by atoms with Gasteiger partial charge in [-0.3, -0.25) is 9.59 Å². The summed E-state index contributed by atoms with van der Waals surface area (Å²) in [5.74, 6) is -0.788. The Hall–Kier alpha value is -3.53. The molecule has 0 radical (unpaired) electrons. The van der Waals surface area contributed by atoms with Crippen molar-refractivity contribution in [2.45, 2.75) is 25.0 Å². The van der Waals surface area contributed by atoms with E-state index in [0.29, 0.717) is 51.1 Å². The van der Waals surface area contributed by atoms with Crippen LogP contribution in [0.5, 0.6) is 0 Å². The van der Waals surface area contributed by atoms with Crippen molar-refractivity contribution < 1.29 is 41.1 Å². The lowest BCUT2D eigenvalue weighted by Gasteiger charge is -2.31. The second-order valence-corrected chi connectivity index (χ2v) is 13.5. The van der Waals surface area contributed by atoms with E-state index < -0.39 is 32.3 Å². The Morgan fingerprint density at radius 2 is 1.41 bits per heavy atom. The molecule has 234 valence electrons. The minimum Gasteiger partial charge on any atom is -0.465 e. The molecular formula is C29H27Br2NO11S. The first kappa shape index (κ1) is 33.4. The Labute approximate surface area is 268 Å². The van der Waals surface area contributed by atoms with Gasteiger partial charge in [-0.15, -0.1) is 0 Å². The van der Waals surface area contributed by atoms with E-state index in [1.165, 1.54) is 45.4 Å². The molecule has 1 saturated heterocycles. The highest BCUT2D eigenvalue weighted by molar-refractivity contribution is 9.11. The molecule has 0 spiro atoms. The average Bonchev–Trinajstić information content (AvgIpc) is 3.00. The number of ether oxygens (including phenoxy) is 3. The van der Waals surface area contributed by atoms with Gasteiger partial charge in [-0.1, -0.05) is 6.92 Å². The molecule has 2 aromatic carbocycles. The lowest BCUT2D eigenvalue weighted by Crippen LogP contribution is -2.41. The van der Waals surface area contributed by atoms with Crippen LogP contribution in [0.3, 0.4) is 0 Å². The zero-order valence-corrected chi connectivity index (χ0v) is 28.0. The number of esters is 2. The molecule has 12 nitrogen and oxygen atoms in total. The summed E-state index contributed by atoms with van der Waals surface area (Å²) < 4.78 is 50.4. The van der Waals surface area contributed by atoms with Crippen LogP contribution >= 0.6 is 31.9 Å². The van der Waals surface area contributed by atoms with E-state index in [1.54, 1.807) is 6.07 Å². The minimum absolute atomic E-state index is 0.0715. The fraction of sp³-hybridized carbons (Fsp3) is 0.310. The van der Waals surface area contributed by atoms with Crippen molar-refractivity contribution in [3.05, 3.63) is 76.9 Å². The highest BCUT2D eigenvalue weighted by atomic mass is 79.9. The largest absolute Gasteiger partial charge is 0.465 e. The maximum Gasteiger partial charge on any atom is 0.337 e. The predicted molar refractivity (Wildman–Crippen MR) is 168 cm³/mol. The van der Waals surface area contributed by atoms with Crippen LogP contribution in [0, 0.1) is 0 Å². The highest BCUT2D eigenvalue weighted by Gasteiger charge is 2.22. The van der Waals surface area contributed by atoms with E-state index in [0.717, 1.165) is 6.07 Å². The molecule has 1 aliphatic heterocycles. The van der Waals surface area contributed by atoms with Gasteiger partial charge >= 0.3 is 11.9 Å². The third kappa shape index (κ3) is 7.06.